The van der Waals surface area contributed by atoms with Crippen LogP contribution < -0.4 is 26.0 Å². The maximum absolute atomic E-state index is 14.3. The summed E-state index contributed by atoms with van der Waals surface area (Å²) in [4.78, 5) is 41.7. The zero-order valence-electron chi connectivity index (χ0n) is 31.3. The topological polar surface area (TPSA) is 169 Å². The summed E-state index contributed by atoms with van der Waals surface area (Å²) in [6, 6.07) is 27.0. The normalized spacial score (nSPS) is 17.4. The average Bonchev–Trinajstić information content (AvgIpc) is 3.47. The van der Waals surface area contributed by atoms with Crippen LogP contribution in [0.3, 0.4) is 0 Å². The minimum Gasteiger partial charge on any atom is -0.508 e. The number of aryl methyl sites for hydroxylation is 1. The van der Waals surface area contributed by atoms with Gasteiger partial charge >= 0.3 is 0 Å². The quantitative estimate of drug-likeness (QED) is 0.0910. The van der Waals surface area contributed by atoms with Crippen LogP contribution in [-0.2, 0) is 40.2 Å². The largest absolute Gasteiger partial charge is 0.508 e. The van der Waals surface area contributed by atoms with Crippen LogP contribution in [0.5, 0.6) is 11.5 Å². The van der Waals surface area contributed by atoms with Crippen LogP contribution in [0.1, 0.15) is 61.1 Å². The van der Waals surface area contributed by atoms with Crippen molar-refractivity contribution in [1.29, 1.82) is 0 Å². The number of aliphatic hydroxyl groups is 2. The number of fused-ring (bicyclic) bond motifs is 1. The lowest BCUT2D eigenvalue weighted by molar-refractivity contribution is -0.134. The van der Waals surface area contributed by atoms with Gasteiger partial charge in [-0.05, 0) is 64.3 Å². The summed E-state index contributed by atoms with van der Waals surface area (Å²) in [6.07, 6.45) is -1.43. The number of hydrogen-bond donors (Lipinski definition) is 7. The van der Waals surface area contributed by atoms with Crippen LogP contribution in [0.4, 0.5) is 0 Å². The third-order valence-electron chi connectivity index (χ3n) is 9.90. The molecule has 4 aromatic carbocycles. The number of carbonyl (C=O) groups excluding carboxylic acids is 3. The smallest absolute Gasteiger partial charge is 0.243 e. The summed E-state index contributed by atoms with van der Waals surface area (Å²) >= 11 is 0. The number of benzene rings is 4. The molecule has 54 heavy (non-hydrogen) atoms. The Bertz CT molecular complexity index is 1860. The van der Waals surface area contributed by atoms with Crippen LogP contribution in [-0.4, -0.2) is 70.5 Å². The lowest BCUT2D eigenvalue weighted by atomic mass is 9.85. The number of phenols is 1. The van der Waals surface area contributed by atoms with Crippen LogP contribution >= 0.6 is 0 Å². The second-order valence-electron chi connectivity index (χ2n) is 15.0. The molecule has 11 heteroatoms. The van der Waals surface area contributed by atoms with Gasteiger partial charge in [-0.15, -0.1) is 0 Å². The second-order valence-corrected chi connectivity index (χ2v) is 15.0. The summed E-state index contributed by atoms with van der Waals surface area (Å²) in [5.74, 6) is -0.672. The highest BCUT2D eigenvalue weighted by Gasteiger charge is 2.40. The van der Waals surface area contributed by atoms with Gasteiger partial charge in [0.15, 0.2) is 0 Å². The maximum atomic E-state index is 14.3. The summed E-state index contributed by atoms with van der Waals surface area (Å²) in [7, 11) is 1.58. The number of methoxy groups -OCH3 is 1. The van der Waals surface area contributed by atoms with E-state index in [2.05, 4.69) is 21.3 Å². The molecular weight excluding hydrogens is 684 g/mol. The number of nitrogens with one attached hydrogen (secondary N) is 4. The van der Waals surface area contributed by atoms with Crippen molar-refractivity contribution in [2.45, 2.75) is 89.4 Å². The fourth-order valence-electron chi connectivity index (χ4n) is 6.83. The SMILES string of the molecule is COc1ccc(CN[C@@H](C(=O)NC2c3ccccc3CC2O)[C@H](O)[C@H](Cc2ccccc2)NC(=O)[C@@H](NC(=O)CCc2ccccc2O)C(C)(C)C)cc1. The van der Waals surface area contributed by atoms with E-state index in [9.17, 15) is 29.7 Å². The lowest BCUT2D eigenvalue weighted by Gasteiger charge is -2.35. The average molecular weight is 737 g/mol. The highest BCUT2D eigenvalue weighted by Crippen LogP contribution is 2.31. The van der Waals surface area contributed by atoms with Gasteiger partial charge in [-0.3, -0.25) is 19.7 Å². The van der Waals surface area contributed by atoms with E-state index in [0.717, 1.165) is 22.3 Å². The Morgan fingerprint density at radius 1 is 0.833 bits per heavy atom. The first-order chi connectivity index (χ1) is 25.8. The van der Waals surface area contributed by atoms with E-state index in [1.54, 1.807) is 43.5 Å². The third kappa shape index (κ3) is 10.5. The fourth-order valence-corrected chi connectivity index (χ4v) is 6.83. The van der Waals surface area contributed by atoms with Crippen molar-refractivity contribution in [1.82, 2.24) is 21.3 Å². The molecule has 2 unspecified atom stereocenters. The number of rotatable bonds is 16. The minimum atomic E-state index is -1.46. The summed E-state index contributed by atoms with van der Waals surface area (Å²) < 4.78 is 5.29. The number of hydrogen-bond acceptors (Lipinski definition) is 8. The van der Waals surface area contributed by atoms with Gasteiger partial charge < -0.3 is 36.0 Å². The zero-order valence-corrected chi connectivity index (χ0v) is 31.3. The molecule has 0 spiro atoms. The molecule has 0 radical (unpaired) electrons. The molecule has 4 aromatic rings. The van der Waals surface area contributed by atoms with Crippen LogP contribution in [0.15, 0.2) is 103 Å². The second kappa shape index (κ2) is 18.2. The first-order valence-corrected chi connectivity index (χ1v) is 18.3. The molecule has 286 valence electrons. The Kier molecular flexibility index (Phi) is 13.5. The molecule has 0 bridgehead atoms. The first-order valence-electron chi connectivity index (χ1n) is 18.3. The molecule has 5 rings (SSSR count). The van der Waals surface area contributed by atoms with Crippen LogP contribution in [0.2, 0.25) is 0 Å². The summed E-state index contributed by atoms with van der Waals surface area (Å²) in [6.45, 7) is 5.70. The molecule has 0 saturated heterocycles. The Hall–Kier alpha value is -5.23. The maximum Gasteiger partial charge on any atom is 0.243 e. The van der Waals surface area contributed by atoms with Gasteiger partial charge in [0.1, 0.15) is 23.6 Å². The van der Waals surface area contributed by atoms with E-state index in [1.807, 2.05) is 87.5 Å². The standard InChI is InChI=1S/C43H52N4O7/c1-43(2,3)40(46-36(50)23-20-29-14-9-11-17-34(29)48)42(53)45-33(24-27-12-6-5-7-13-27)39(51)38(44-26-28-18-21-31(54-4)22-19-28)41(52)47-37-32-16-10-8-15-30(32)25-35(37)49/h5-19,21-22,33,35,37-40,44,48-49,51H,20,23-26H2,1-4H3,(H,45,53)(H,46,50)(H,47,52)/t33-,35?,37?,38+,39+,40+/m0/s1. The molecule has 0 aromatic heterocycles. The molecule has 0 saturated carbocycles. The zero-order chi connectivity index (χ0) is 38.8. The van der Waals surface area contributed by atoms with Crippen LogP contribution in [0, 0.1) is 5.41 Å². The number of amides is 3. The Morgan fingerprint density at radius 2 is 1.50 bits per heavy atom. The molecule has 1 aliphatic rings. The molecule has 0 aliphatic heterocycles. The van der Waals surface area contributed by atoms with Gasteiger partial charge in [-0.1, -0.05) is 106 Å². The van der Waals surface area contributed by atoms with E-state index in [0.29, 0.717) is 17.7 Å². The molecule has 1 aliphatic carbocycles. The van der Waals surface area contributed by atoms with E-state index in [1.165, 1.54) is 0 Å². The van der Waals surface area contributed by atoms with Crippen molar-refractivity contribution in [3.05, 3.63) is 131 Å². The minimum absolute atomic E-state index is 0.0428. The Balaban J connectivity index is 1.40. The molecule has 7 N–H and O–H groups in total. The van der Waals surface area contributed by atoms with Crippen molar-refractivity contribution in [3.8, 4) is 11.5 Å². The Labute approximate surface area is 317 Å². The van der Waals surface area contributed by atoms with E-state index in [-0.39, 0.29) is 37.5 Å². The van der Waals surface area contributed by atoms with Gasteiger partial charge in [-0.2, -0.15) is 0 Å². The predicted octanol–water partition coefficient (Wildman–Crippen LogP) is 3.89. The van der Waals surface area contributed by atoms with Gasteiger partial charge in [0, 0.05) is 19.4 Å². The van der Waals surface area contributed by atoms with Crippen molar-refractivity contribution in [2.75, 3.05) is 7.11 Å². The summed E-state index contributed by atoms with van der Waals surface area (Å²) in [5, 5.41) is 45.4. The van der Waals surface area contributed by atoms with Crippen LogP contribution in [0.25, 0.3) is 0 Å². The monoisotopic (exact) mass is 736 g/mol. The molecule has 3 amide bonds. The van der Waals surface area contributed by atoms with Gasteiger partial charge in [0.2, 0.25) is 17.7 Å². The molecular formula is C43H52N4O7. The Morgan fingerprint density at radius 3 is 2.19 bits per heavy atom. The lowest BCUT2D eigenvalue weighted by Crippen LogP contribution is -2.62. The van der Waals surface area contributed by atoms with E-state index < -0.39 is 53.6 Å². The molecule has 0 fully saturated rings. The van der Waals surface area contributed by atoms with Crippen molar-refractivity contribution in [2.24, 2.45) is 5.41 Å². The highest BCUT2D eigenvalue weighted by atomic mass is 16.5. The van der Waals surface area contributed by atoms with Crippen molar-refractivity contribution >= 4 is 17.7 Å². The summed E-state index contributed by atoms with van der Waals surface area (Å²) in [5.41, 5.74) is 3.28. The number of aliphatic hydroxyl groups excluding tert-OH is 2. The molecule has 0 heterocycles. The number of ether oxygens (including phenoxy) is 1. The van der Waals surface area contributed by atoms with Crippen molar-refractivity contribution < 1.29 is 34.4 Å². The number of aromatic hydroxyl groups is 1. The van der Waals surface area contributed by atoms with Gasteiger partial charge in [-0.25, -0.2) is 0 Å². The number of carbonyl (C=O) groups is 3. The number of para-hydroxylation sites is 1. The molecule has 6 atom stereocenters. The first kappa shape index (κ1) is 40.0. The highest BCUT2D eigenvalue weighted by molar-refractivity contribution is 5.89. The van der Waals surface area contributed by atoms with E-state index in [4.69, 9.17) is 4.74 Å². The van der Waals surface area contributed by atoms with Gasteiger partial charge in [0.25, 0.3) is 0 Å². The molecule has 11 nitrogen and oxygen atoms in total. The third-order valence-corrected chi connectivity index (χ3v) is 9.90. The predicted molar refractivity (Wildman–Crippen MR) is 207 cm³/mol. The van der Waals surface area contributed by atoms with Crippen molar-refractivity contribution in [3.63, 3.8) is 0 Å². The number of phenolic OH excluding ortho intramolecular Hbond substituents is 1. The van der Waals surface area contributed by atoms with E-state index >= 15 is 0 Å². The fraction of sp³-hybridized carbons (Fsp3) is 0.372. The van der Waals surface area contributed by atoms with Gasteiger partial charge in [0.05, 0.1) is 31.4 Å².